The number of hydrogen-bond donors (Lipinski definition) is 1. The Morgan fingerprint density at radius 2 is 1.79 bits per heavy atom. The molecule has 0 saturated heterocycles. The van der Waals surface area contributed by atoms with E-state index in [-0.39, 0.29) is 11.9 Å². The minimum atomic E-state index is -1.15. The van der Waals surface area contributed by atoms with Gasteiger partial charge in [0.05, 0.1) is 17.0 Å². The fourth-order valence-corrected chi connectivity index (χ4v) is 3.76. The minimum absolute atomic E-state index is 0.0684. The molecule has 1 atom stereocenters. The van der Waals surface area contributed by atoms with Gasteiger partial charge < -0.3 is 5.73 Å². The number of halogens is 1. The number of aryl methyl sites for hydroxylation is 1. The summed E-state index contributed by atoms with van der Waals surface area (Å²) in [5, 5.41) is 9.26. The maximum atomic E-state index is 14.9. The highest BCUT2D eigenvalue weighted by molar-refractivity contribution is 6.01. The Labute approximate surface area is 170 Å². The van der Waals surface area contributed by atoms with Crippen LogP contribution in [0.25, 0.3) is 0 Å². The van der Waals surface area contributed by atoms with Gasteiger partial charge in [-0.15, -0.1) is 0 Å². The van der Waals surface area contributed by atoms with E-state index >= 15 is 0 Å². The lowest BCUT2D eigenvalue weighted by Crippen LogP contribution is -2.58. The molecule has 0 unspecified atom stereocenters. The number of carbonyl (C=O) groups excluding carboxylic acids is 1. The van der Waals surface area contributed by atoms with Crippen LogP contribution in [0.4, 0.5) is 4.39 Å². The molecule has 0 bridgehead atoms. The zero-order valence-corrected chi connectivity index (χ0v) is 17.4. The summed E-state index contributed by atoms with van der Waals surface area (Å²) in [7, 11) is 1.57. The summed E-state index contributed by atoms with van der Waals surface area (Å²) in [5.41, 5.74) is 7.52. The molecule has 150 valence electrons. The highest BCUT2D eigenvalue weighted by Crippen LogP contribution is 2.47. The SMILES string of the molecule is Cc1ccc(Cc2ccc(F)c([C@@]3(C)N=C(N)N(C)C(=O)C3(C)C)c2)cc1C#N. The molecule has 6 heteroatoms. The van der Waals surface area contributed by atoms with Crippen molar-refractivity contribution in [1.82, 2.24) is 4.90 Å². The molecule has 0 fully saturated rings. The van der Waals surface area contributed by atoms with Gasteiger partial charge in [0.15, 0.2) is 5.96 Å². The number of rotatable bonds is 3. The zero-order chi connectivity index (χ0) is 21.6. The maximum Gasteiger partial charge on any atom is 0.237 e. The molecule has 0 radical (unpaired) electrons. The van der Waals surface area contributed by atoms with Gasteiger partial charge in [-0.1, -0.05) is 24.3 Å². The predicted octanol–water partition coefficient (Wildman–Crippen LogP) is 3.62. The summed E-state index contributed by atoms with van der Waals surface area (Å²) < 4.78 is 14.9. The van der Waals surface area contributed by atoms with Crippen molar-refractivity contribution in [2.75, 3.05) is 7.05 Å². The first-order chi connectivity index (χ1) is 13.5. The molecule has 5 nitrogen and oxygen atoms in total. The highest BCUT2D eigenvalue weighted by atomic mass is 19.1. The quantitative estimate of drug-likeness (QED) is 0.866. The number of nitriles is 1. The summed E-state index contributed by atoms with van der Waals surface area (Å²) >= 11 is 0. The van der Waals surface area contributed by atoms with E-state index in [4.69, 9.17) is 5.73 Å². The Kier molecular flexibility index (Phi) is 4.96. The van der Waals surface area contributed by atoms with Crippen LogP contribution in [0, 0.1) is 29.5 Å². The lowest BCUT2D eigenvalue weighted by Gasteiger charge is -2.46. The first-order valence-corrected chi connectivity index (χ1v) is 9.43. The maximum absolute atomic E-state index is 14.9. The smallest absolute Gasteiger partial charge is 0.237 e. The molecule has 3 rings (SSSR count). The minimum Gasteiger partial charge on any atom is -0.369 e. The van der Waals surface area contributed by atoms with Crippen molar-refractivity contribution in [2.45, 2.75) is 39.7 Å². The Bertz CT molecular complexity index is 1070. The van der Waals surface area contributed by atoms with E-state index in [1.54, 1.807) is 40.0 Å². The third-order valence-electron chi connectivity index (χ3n) is 6.12. The Morgan fingerprint density at radius 3 is 2.45 bits per heavy atom. The molecule has 2 N–H and O–H groups in total. The molecule has 1 amide bonds. The van der Waals surface area contributed by atoms with Gasteiger partial charge in [-0.3, -0.25) is 9.69 Å². The van der Waals surface area contributed by atoms with Gasteiger partial charge in [0.1, 0.15) is 11.4 Å². The lowest BCUT2D eigenvalue weighted by molar-refractivity contribution is -0.140. The number of nitrogens with zero attached hydrogens (tertiary/aromatic N) is 3. The number of benzene rings is 2. The van der Waals surface area contributed by atoms with Gasteiger partial charge in [0.2, 0.25) is 5.91 Å². The van der Waals surface area contributed by atoms with Crippen LogP contribution in [0.5, 0.6) is 0 Å². The molecular formula is C23H25FN4O. The molecule has 0 aliphatic carbocycles. The predicted molar refractivity (Wildman–Crippen MR) is 111 cm³/mol. The van der Waals surface area contributed by atoms with E-state index in [1.807, 2.05) is 25.1 Å². The Balaban J connectivity index is 2.08. The monoisotopic (exact) mass is 392 g/mol. The first kappa shape index (κ1) is 20.5. The number of carbonyl (C=O) groups is 1. The third-order valence-corrected chi connectivity index (χ3v) is 6.12. The van der Waals surface area contributed by atoms with Crippen molar-refractivity contribution in [1.29, 1.82) is 5.26 Å². The van der Waals surface area contributed by atoms with Crippen molar-refractivity contribution in [3.63, 3.8) is 0 Å². The highest BCUT2D eigenvalue weighted by Gasteiger charge is 2.53. The van der Waals surface area contributed by atoms with E-state index in [2.05, 4.69) is 11.1 Å². The van der Waals surface area contributed by atoms with Crippen LogP contribution in [0.1, 0.15) is 48.6 Å². The molecule has 29 heavy (non-hydrogen) atoms. The molecular weight excluding hydrogens is 367 g/mol. The van der Waals surface area contributed by atoms with Gasteiger partial charge >= 0.3 is 0 Å². The largest absolute Gasteiger partial charge is 0.369 e. The second-order valence-corrected chi connectivity index (χ2v) is 8.28. The number of hydrogen-bond acceptors (Lipinski definition) is 4. The van der Waals surface area contributed by atoms with Crippen LogP contribution in [-0.4, -0.2) is 23.8 Å². The van der Waals surface area contributed by atoms with Crippen LogP contribution < -0.4 is 5.73 Å². The van der Waals surface area contributed by atoms with E-state index < -0.39 is 16.8 Å². The zero-order valence-electron chi connectivity index (χ0n) is 17.4. The van der Waals surface area contributed by atoms with Crippen LogP contribution in [0.15, 0.2) is 41.4 Å². The average Bonchev–Trinajstić information content (AvgIpc) is 2.68. The van der Waals surface area contributed by atoms with E-state index in [9.17, 15) is 14.4 Å². The van der Waals surface area contributed by atoms with Gasteiger partial charge in [-0.25, -0.2) is 9.38 Å². The topological polar surface area (TPSA) is 82.5 Å². The van der Waals surface area contributed by atoms with Crippen molar-refractivity contribution in [3.8, 4) is 6.07 Å². The van der Waals surface area contributed by atoms with Gasteiger partial charge in [0, 0.05) is 12.6 Å². The third kappa shape index (κ3) is 3.27. The Morgan fingerprint density at radius 1 is 1.17 bits per heavy atom. The van der Waals surface area contributed by atoms with Gasteiger partial charge in [-0.05, 0) is 62.9 Å². The number of guanidine groups is 1. The Hall–Kier alpha value is -3.20. The second-order valence-electron chi connectivity index (χ2n) is 8.28. The van der Waals surface area contributed by atoms with E-state index in [1.165, 1.54) is 11.0 Å². The molecule has 0 saturated carbocycles. The molecule has 0 aromatic heterocycles. The summed E-state index contributed by atoms with van der Waals surface area (Å²) in [5.74, 6) is -0.576. The van der Waals surface area contributed by atoms with Crippen molar-refractivity contribution in [3.05, 3.63) is 70.0 Å². The molecule has 1 aliphatic rings. The molecule has 1 aliphatic heterocycles. The fraction of sp³-hybridized carbons (Fsp3) is 0.348. The summed E-state index contributed by atoms with van der Waals surface area (Å²) in [6.45, 7) is 7.15. The van der Waals surface area contributed by atoms with Crippen molar-refractivity contribution >= 4 is 11.9 Å². The fourth-order valence-electron chi connectivity index (χ4n) is 3.76. The molecule has 2 aromatic rings. The van der Waals surface area contributed by atoms with Crippen molar-refractivity contribution in [2.24, 2.45) is 16.1 Å². The van der Waals surface area contributed by atoms with E-state index in [0.29, 0.717) is 17.5 Å². The van der Waals surface area contributed by atoms with Crippen LogP contribution in [-0.2, 0) is 16.8 Å². The molecule has 1 heterocycles. The first-order valence-electron chi connectivity index (χ1n) is 9.43. The summed E-state index contributed by atoms with van der Waals surface area (Å²) in [6, 6.07) is 12.8. The number of amides is 1. The lowest BCUT2D eigenvalue weighted by atomic mass is 9.67. The second kappa shape index (κ2) is 7.00. The van der Waals surface area contributed by atoms with Gasteiger partial charge in [0.25, 0.3) is 0 Å². The normalized spacial score (nSPS) is 20.9. The standard InChI is InChI=1S/C23H25FN4O/c1-14-6-7-15(11-17(14)13-25)10-16-8-9-19(24)18(12-16)23(4)22(2,3)20(29)28(5)21(26)27-23/h6-9,11-12H,10H2,1-5H3,(H2,26,27)/t23-/m1/s1. The summed E-state index contributed by atoms with van der Waals surface area (Å²) in [6.07, 6.45) is 0.534. The van der Waals surface area contributed by atoms with Crippen LogP contribution >= 0.6 is 0 Å². The van der Waals surface area contributed by atoms with Crippen LogP contribution in [0.2, 0.25) is 0 Å². The molecule has 2 aromatic carbocycles. The van der Waals surface area contributed by atoms with Crippen LogP contribution in [0.3, 0.4) is 0 Å². The van der Waals surface area contributed by atoms with Gasteiger partial charge in [-0.2, -0.15) is 5.26 Å². The average molecular weight is 392 g/mol. The number of nitrogens with two attached hydrogens (primary N) is 1. The molecule has 0 spiro atoms. The summed E-state index contributed by atoms with van der Waals surface area (Å²) in [4.78, 5) is 18.7. The van der Waals surface area contributed by atoms with E-state index in [0.717, 1.165) is 16.7 Å². The van der Waals surface area contributed by atoms with Crippen molar-refractivity contribution < 1.29 is 9.18 Å². The number of aliphatic imine (C=N–C) groups is 1.